The molecule has 4 aliphatic rings. The highest BCUT2D eigenvalue weighted by Crippen LogP contribution is 2.45. The van der Waals surface area contributed by atoms with Crippen LogP contribution in [0.25, 0.3) is 43.1 Å². The molecule has 0 spiro atoms. The van der Waals surface area contributed by atoms with Crippen molar-refractivity contribution in [2.24, 2.45) is 4.99 Å². The molecule has 4 heterocycles. The van der Waals surface area contributed by atoms with E-state index in [1.165, 1.54) is 79.7 Å². The smallest absolute Gasteiger partial charge is 0.223 e. The van der Waals surface area contributed by atoms with E-state index in [9.17, 15) is 15.0 Å². The molecule has 2 fully saturated rings. The van der Waals surface area contributed by atoms with Gasteiger partial charge in [-0.05, 0) is 164 Å². The van der Waals surface area contributed by atoms with Crippen molar-refractivity contribution >= 4 is 66.1 Å². The number of methoxy groups -OCH3 is 2. The molecule has 2 atom stereocenters. The Balaban J connectivity index is 0.000000150. The van der Waals surface area contributed by atoms with Crippen molar-refractivity contribution in [2.75, 3.05) is 26.1 Å². The number of amides is 1. The second kappa shape index (κ2) is 21.5. The van der Waals surface area contributed by atoms with Crippen LogP contribution in [0.1, 0.15) is 87.4 Å². The first-order chi connectivity index (χ1) is 38.9. The zero-order chi connectivity index (χ0) is 53.6. The van der Waals surface area contributed by atoms with Gasteiger partial charge in [-0.3, -0.25) is 9.69 Å². The molecule has 10 aromatic rings. The third kappa shape index (κ3) is 9.35. The quantitative estimate of drug-likeness (QED) is 0.0875. The van der Waals surface area contributed by atoms with Crippen LogP contribution in [-0.4, -0.2) is 64.5 Å². The fourth-order valence-corrected chi connectivity index (χ4v) is 13.3. The number of benzene rings is 10. The van der Waals surface area contributed by atoms with Gasteiger partial charge in [0.15, 0.2) is 0 Å². The number of anilines is 1. The van der Waals surface area contributed by atoms with Crippen LogP contribution >= 0.6 is 0 Å². The maximum absolute atomic E-state index is 12.7. The number of aliphatic hydroxyl groups excluding tert-OH is 2. The lowest BCUT2D eigenvalue weighted by Gasteiger charge is -2.33. The molecule has 0 unspecified atom stereocenters. The van der Waals surface area contributed by atoms with Crippen LogP contribution in [0.2, 0.25) is 0 Å². The van der Waals surface area contributed by atoms with E-state index in [4.69, 9.17) is 14.5 Å². The number of hydrogen-bond acceptors (Lipinski definition) is 8. The van der Waals surface area contributed by atoms with Crippen molar-refractivity contribution in [2.45, 2.75) is 83.0 Å². The van der Waals surface area contributed by atoms with Crippen molar-refractivity contribution in [3.8, 4) is 11.5 Å². The predicted octanol–water partition coefficient (Wildman–Crippen LogP) is 13.9. The highest BCUT2D eigenvalue weighted by molar-refractivity contribution is 6.16. The standard InChI is InChI=1S/C35H30N2O3.C35H34N2O2/c1-40-33-19-31-28(16-24(33)21-38)29-17-25(36-35(22-8-4-2-5-9-22)23-10-6-3-7-11-23)12-14-27(29)30-18-26-13-15-34(39)37(26)20-32(30)31;1-39-34-20-32-29(17-25(34)22-38)30-18-26(14-15-28(30)31-19-27-13-8-16-37(27)21-33(31)32)36-35(23-9-4-2-5-10-23)24-11-6-3-7-12-24/h2-12,14,16-17,19,26,38H,13,15,18,20-21H2,1H3;2-7,9-12,14-15,17-18,20,27,35-36,38H,8,13,16,19,21-22H2,1H3/t26-;27-/m00/s1. The maximum Gasteiger partial charge on any atom is 0.223 e. The Kier molecular flexibility index (Phi) is 13.6. The number of nitrogens with one attached hydrogen (secondary N) is 1. The largest absolute Gasteiger partial charge is 0.496 e. The zero-order valence-electron chi connectivity index (χ0n) is 44.8. The van der Waals surface area contributed by atoms with Crippen LogP contribution < -0.4 is 14.8 Å². The average Bonchev–Trinajstić information content (AvgIpc) is 4.19. The van der Waals surface area contributed by atoms with Crippen molar-refractivity contribution in [1.82, 2.24) is 9.80 Å². The van der Waals surface area contributed by atoms with Gasteiger partial charge < -0.3 is 29.9 Å². The first kappa shape index (κ1) is 50.2. The average molecular weight is 1040 g/mol. The minimum atomic E-state index is -0.117. The van der Waals surface area contributed by atoms with E-state index < -0.39 is 0 Å². The van der Waals surface area contributed by atoms with Gasteiger partial charge in [-0.2, -0.15) is 0 Å². The number of aliphatic hydroxyl groups is 2. The second-order valence-electron chi connectivity index (χ2n) is 21.6. The Morgan fingerprint density at radius 2 is 1.08 bits per heavy atom. The van der Waals surface area contributed by atoms with Crippen molar-refractivity contribution in [3.05, 3.63) is 238 Å². The molecule has 3 N–H and O–H groups in total. The summed E-state index contributed by atoms with van der Waals surface area (Å²) in [5.74, 6) is 1.66. The number of nitrogens with zero attached hydrogens (tertiary/aromatic N) is 3. The lowest BCUT2D eigenvalue weighted by atomic mass is 9.84. The van der Waals surface area contributed by atoms with Gasteiger partial charge >= 0.3 is 0 Å². The molecule has 0 bridgehead atoms. The summed E-state index contributed by atoms with van der Waals surface area (Å²) in [4.78, 5) is 22.6. The highest BCUT2D eigenvalue weighted by atomic mass is 16.5. The Morgan fingerprint density at radius 3 is 1.65 bits per heavy atom. The van der Waals surface area contributed by atoms with Gasteiger partial charge in [-0.25, -0.2) is 4.99 Å². The minimum absolute atomic E-state index is 0.0360. The van der Waals surface area contributed by atoms with Crippen LogP contribution in [0, 0.1) is 0 Å². The highest BCUT2D eigenvalue weighted by Gasteiger charge is 2.37. The molecule has 9 nitrogen and oxygen atoms in total. The molecule has 0 aromatic heterocycles. The van der Waals surface area contributed by atoms with Crippen LogP contribution in [-0.2, 0) is 43.9 Å². The predicted molar refractivity (Wildman–Crippen MR) is 319 cm³/mol. The van der Waals surface area contributed by atoms with Crippen molar-refractivity contribution in [3.63, 3.8) is 0 Å². The summed E-state index contributed by atoms with van der Waals surface area (Å²) in [6.45, 7) is 2.61. The van der Waals surface area contributed by atoms with Gasteiger partial charge in [0.2, 0.25) is 5.91 Å². The van der Waals surface area contributed by atoms with E-state index in [2.05, 4.69) is 144 Å². The summed E-state index contributed by atoms with van der Waals surface area (Å²) in [5, 5.41) is 33.6. The van der Waals surface area contributed by atoms with Gasteiger partial charge in [0, 0.05) is 59.5 Å². The van der Waals surface area contributed by atoms with Crippen LogP contribution in [0.15, 0.2) is 187 Å². The number of rotatable bonds is 11. The molecule has 0 saturated carbocycles. The fraction of sp³-hybridized carbons (Fsp3) is 0.229. The van der Waals surface area contributed by atoms with Crippen molar-refractivity contribution < 1.29 is 24.5 Å². The molecule has 10 aromatic carbocycles. The topological polar surface area (TPSA) is 107 Å². The zero-order valence-corrected chi connectivity index (χ0v) is 44.8. The number of aliphatic imine (C=N–C) groups is 1. The van der Waals surface area contributed by atoms with Gasteiger partial charge in [0.05, 0.1) is 44.9 Å². The maximum atomic E-state index is 12.7. The van der Waals surface area contributed by atoms with E-state index in [0.29, 0.717) is 24.8 Å². The van der Waals surface area contributed by atoms with E-state index in [1.54, 1.807) is 14.2 Å². The molecule has 0 radical (unpaired) electrons. The molecule has 0 aliphatic carbocycles. The fourth-order valence-electron chi connectivity index (χ4n) is 13.3. The number of ether oxygens (including phenoxy) is 2. The molecule has 14 rings (SSSR count). The van der Waals surface area contributed by atoms with E-state index >= 15 is 0 Å². The van der Waals surface area contributed by atoms with Gasteiger partial charge in [-0.1, -0.05) is 133 Å². The number of carbonyl (C=O) groups is 1. The molecular formula is C70H64N4O5. The molecule has 4 aliphatic heterocycles. The number of fused-ring (bicyclic) bond motifs is 14. The van der Waals surface area contributed by atoms with Gasteiger partial charge in [-0.15, -0.1) is 0 Å². The third-order valence-electron chi connectivity index (χ3n) is 17.2. The lowest BCUT2D eigenvalue weighted by Crippen LogP contribution is -2.38. The molecular weight excluding hydrogens is 977 g/mol. The molecule has 79 heavy (non-hydrogen) atoms. The lowest BCUT2D eigenvalue weighted by molar-refractivity contribution is -0.129. The summed E-state index contributed by atoms with van der Waals surface area (Å²) in [6.07, 6.45) is 6.02. The van der Waals surface area contributed by atoms with E-state index in [0.717, 1.165) is 87.1 Å². The van der Waals surface area contributed by atoms with Gasteiger partial charge in [0.25, 0.3) is 0 Å². The number of hydrogen-bond donors (Lipinski definition) is 3. The second-order valence-corrected chi connectivity index (χ2v) is 21.6. The third-order valence-corrected chi connectivity index (χ3v) is 17.2. The molecule has 1 amide bonds. The molecule has 2 saturated heterocycles. The normalized spacial score (nSPS) is 16.6. The summed E-state index contributed by atoms with van der Waals surface area (Å²) in [5.41, 5.74) is 14.4. The first-order valence-corrected chi connectivity index (χ1v) is 27.8. The van der Waals surface area contributed by atoms with E-state index in [-0.39, 0.29) is 31.2 Å². The first-order valence-electron chi connectivity index (χ1n) is 27.8. The number of carbonyl (C=O) groups excluding carboxylic acids is 1. The Morgan fingerprint density at radius 1 is 0.557 bits per heavy atom. The Hall–Kier alpha value is -8.34. The Labute approximate surface area is 461 Å². The summed E-state index contributed by atoms with van der Waals surface area (Å²) in [6, 6.07) is 64.4. The Bertz CT molecular complexity index is 3880. The summed E-state index contributed by atoms with van der Waals surface area (Å²) in [7, 11) is 3.33. The van der Waals surface area contributed by atoms with E-state index in [1.807, 2.05) is 53.4 Å². The summed E-state index contributed by atoms with van der Waals surface area (Å²) < 4.78 is 11.4. The monoisotopic (exact) mass is 1040 g/mol. The van der Waals surface area contributed by atoms with Crippen molar-refractivity contribution in [1.29, 1.82) is 0 Å². The molecule has 9 heteroatoms. The van der Waals surface area contributed by atoms with Crippen LogP contribution in [0.4, 0.5) is 11.4 Å². The van der Waals surface area contributed by atoms with Gasteiger partial charge in [0.1, 0.15) is 11.5 Å². The summed E-state index contributed by atoms with van der Waals surface area (Å²) >= 11 is 0. The SMILES string of the molecule is COc1cc2c3c(c4ccc(N=C(c5ccccc5)c5ccccc5)cc4c2cc1CO)C[C@@H]1CCC(=O)N1C3.COc1cc2c3c(c4ccc(NC(c5ccccc5)c5ccccc5)cc4c2cc1CO)C[C@@H]1CCCN1C3. The van der Waals surface area contributed by atoms with Crippen LogP contribution in [0.3, 0.4) is 0 Å². The molecule has 394 valence electrons. The van der Waals surface area contributed by atoms with Crippen LogP contribution in [0.5, 0.6) is 11.5 Å². The minimum Gasteiger partial charge on any atom is -0.496 e.